The van der Waals surface area contributed by atoms with Crippen molar-refractivity contribution in [3.8, 4) is 0 Å². The molecule has 2 saturated heterocycles. The van der Waals surface area contributed by atoms with Crippen LogP contribution in [0.25, 0.3) is 0 Å². The molecule has 2 fully saturated rings. The lowest BCUT2D eigenvalue weighted by Gasteiger charge is -2.24. The van der Waals surface area contributed by atoms with E-state index in [2.05, 4.69) is 26.1 Å². The molecule has 2 atom stereocenters. The van der Waals surface area contributed by atoms with Gasteiger partial charge in [-0.05, 0) is 49.1 Å². The summed E-state index contributed by atoms with van der Waals surface area (Å²) in [7, 11) is 0. The number of halogens is 2. The molecule has 2 nitrogen and oxygen atoms in total. The van der Waals surface area contributed by atoms with Gasteiger partial charge in [0.15, 0.2) is 0 Å². The first kappa shape index (κ1) is 12.6. The van der Waals surface area contributed by atoms with Crippen molar-refractivity contribution < 1.29 is 4.39 Å². The molecule has 1 aromatic carbocycles. The van der Waals surface area contributed by atoms with Crippen molar-refractivity contribution >= 4 is 15.9 Å². The van der Waals surface area contributed by atoms with Gasteiger partial charge in [-0.15, -0.1) is 0 Å². The third kappa shape index (κ3) is 2.76. The average molecular weight is 313 g/mol. The van der Waals surface area contributed by atoms with Crippen LogP contribution in [0.1, 0.15) is 18.4 Å². The van der Waals surface area contributed by atoms with Gasteiger partial charge >= 0.3 is 0 Å². The minimum atomic E-state index is -0.158. The summed E-state index contributed by atoms with van der Waals surface area (Å²) in [6.45, 7) is 4.25. The topological polar surface area (TPSA) is 15.3 Å². The van der Waals surface area contributed by atoms with E-state index in [1.807, 2.05) is 6.07 Å². The molecular weight excluding hydrogens is 295 g/mol. The number of hydrogen-bond acceptors (Lipinski definition) is 2. The Morgan fingerprint density at radius 1 is 1.33 bits per heavy atom. The molecule has 0 spiro atoms. The highest BCUT2D eigenvalue weighted by molar-refractivity contribution is 9.10. The second kappa shape index (κ2) is 5.27. The summed E-state index contributed by atoms with van der Waals surface area (Å²) in [4.78, 5) is 2.44. The summed E-state index contributed by atoms with van der Waals surface area (Å²) < 4.78 is 14.2. The highest BCUT2D eigenvalue weighted by Gasteiger charge is 2.33. The zero-order valence-electron chi connectivity index (χ0n) is 10.3. The normalized spacial score (nSPS) is 28.3. The number of benzene rings is 1. The monoisotopic (exact) mass is 312 g/mol. The van der Waals surface area contributed by atoms with E-state index in [0.29, 0.717) is 6.04 Å². The standard InChI is InChI=1S/C14H18BrFN2/c15-12-4-10(5-13(16)6-12)7-18-8-11-2-1-3-17-14(11)9-18/h4-6,11,14,17H,1-3,7-9H2. The Morgan fingerprint density at radius 3 is 3.00 bits per heavy atom. The second-order valence-electron chi connectivity index (χ2n) is 5.43. The molecule has 2 unspecified atom stereocenters. The summed E-state index contributed by atoms with van der Waals surface area (Å²) >= 11 is 3.35. The molecule has 2 aliphatic heterocycles. The largest absolute Gasteiger partial charge is 0.312 e. The number of fused-ring (bicyclic) bond motifs is 1. The van der Waals surface area contributed by atoms with Crippen LogP contribution in [-0.4, -0.2) is 30.6 Å². The highest BCUT2D eigenvalue weighted by Crippen LogP contribution is 2.26. The number of hydrogen-bond donors (Lipinski definition) is 1. The van der Waals surface area contributed by atoms with E-state index < -0.39 is 0 Å². The fraction of sp³-hybridized carbons (Fsp3) is 0.571. The van der Waals surface area contributed by atoms with Gasteiger partial charge in [0.05, 0.1) is 0 Å². The summed E-state index contributed by atoms with van der Waals surface area (Å²) in [5.74, 6) is 0.630. The van der Waals surface area contributed by atoms with Gasteiger partial charge < -0.3 is 5.32 Å². The van der Waals surface area contributed by atoms with Crippen LogP contribution in [0.2, 0.25) is 0 Å². The Labute approximate surface area is 116 Å². The van der Waals surface area contributed by atoms with Crippen LogP contribution >= 0.6 is 15.9 Å². The summed E-state index contributed by atoms with van der Waals surface area (Å²) in [5, 5.41) is 3.59. The molecule has 98 valence electrons. The van der Waals surface area contributed by atoms with Crippen molar-refractivity contribution in [1.82, 2.24) is 10.2 Å². The van der Waals surface area contributed by atoms with Crippen LogP contribution < -0.4 is 5.32 Å². The number of nitrogens with one attached hydrogen (secondary N) is 1. The molecule has 0 aliphatic carbocycles. The van der Waals surface area contributed by atoms with Gasteiger partial charge in [0, 0.05) is 30.1 Å². The van der Waals surface area contributed by atoms with Gasteiger partial charge in [0.25, 0.3) is 0 Å². The van der Waals surface area contributed by atoms with Gasteiger partial charge in [-0.25, -0.2) is 4.39 Å². The van der Waals surface area contributed by atoms with E-state index in [1.165, 1.54) is 18.9 Å². The van der Waals surface area contributed by atoms with Crippen molar-refractivity contribution in [2.24, 2.45) is 5.92 Å². The van der Waals surface area contributed by atoms with Gasteiger partial charge in [-0.2, -0.15) is 0 Å². The zero-order valence-corrected chi connectivity index (χ0v) is 11.9. The third-order valence-corrected chi connectivity index (χ3v) is 4.46. The van der Waals surface area contributed by atoms with E-state index >= 15 is 0 Å². The SMILES string of the molecule is Fc1cc(Br)cc(CN2CC3CCCNC3C2)c1. The second-order valence-corrected chi connectivity index (χ2v) is 6.35. The van der Waals surface area contributed by atoms with E-state index in [-0.39, 0.29) is 5.82 Å². The van der Waals surface area contributed by atoms with Crippen LogP contribution in [0.15, 0.2) is 22.7 Å². The Kier molecular flexibility index (Phi) is 3.68. The predicted molar refractivity (Wildman–Crippen MR) is 73.9 cm³/mol. The fourth-order valence-electron chi connectivity index (χ4n) is 3.23. The number of piperidine rings is 1. The summed E-state index contributed by atoms with van der Waals surface area (Å²) in [6.07, 6.45) is 2.63. The zero-order chi connectivity index (χ0) is 12.5. The summed E-state index contributed by atoms with van der Waals surface area (Å²) in [5.41, 5.74) is 1.06. The Balaban J connectivity index is 1.66. The first-order valence-corrected chi connectivity index (χ1v) is 7.41. The van der Waals surface area contributed by atoms with E-state index in [4.69, 9.17) is 0 Å². The first-order valence-electron chi connectivity index (χ1n) is 6.61. The maximum Gasteiger partial charge on any atom is 0.124 e. The van der Waals surface area contributed by atoms with Crippen molar-refractivity contribution in [1.29, 1.82) is 0 Å². The molecule has 0 saturated carbocycles. The van der Waals surface area contributed by atoms with Crippen LogP contribution in [0.4, 0.5) is 4.39 Å². The molecule has 1 aromatic rings. The summed E-state index contributed by atoms with van der Waals surface area (Å²) in [6, 6.07) is 5.81. The van der Waals surface area contributed by atoms with E-state index in [0.717, 1.165) is 42.1 Å². The Bertz CT molecular complexity index is 404. The van der Waals surface area contributed by atoms with Crippen LogP contribution in [0, 0.1) is 11.7 Å². The van der Waals surface area contributed by atoms with Gasteiger partial charge in [-0.3, -0.25) is 4.90 Å². The number of likely N-dealkylation sites (tertiary alicyclic amines) is 1. The molecule has 0 bridgehead atoms. The molecule has 2 aliphatic rings. The molecule has 0 amide bonds. The quantitative estimate of drug-likeness (QED) is 0.903. The van der Waals surface area contributed by atoms with Crippen molar-refractivity contribution in [3.05, 3.63) is 34.1 Å². The van der Waals surface area contributed by atoms with Crippen LogP contribution in [0.5, 0.6) is 0 Å². The molecule has 2 heterocycles. The van der Waals surface area contributed by atoms with Crippen LogP contribution in [0.3, 0.4) is 0 Å². The minimum Gasteiger partial charge on any atom is -0.312 e. The predicted octanol–water partition coefficient (Wildman–Crippen LogP) is 2.77. The highest BCUT2D eigenvalue weighted by atomic mass is 79.9. The van der Waals surface area contributed by atoms with E-state index in [9.17, 15) is 4.39 Å². The maximum atomic E-state index is 13.3. The first-order chi connectivity index (χ1) is 8.70. The van der Waals surface area contributed by atoms with Crippen molar-refractivity contribution in [3.63, 3.8) is 0 Å². The van der Waals surface area contributed by atoms with Crippen molar-refractivity contribution in [2.45, 2.75) is 25.4 Å². The van der Waals surface area contributed by atoms with E-state index in [1.54, 1.807) is 6.07 Å². The molecule has 18 heavy (non-hydrogen) atoms. The Morgan fingerprint density at radius 2 is 2.22 bits per heavy atom. The maximum absolute atomic E-state index is 13.3. The van der Waals surface area contributed by atoms with Gasteiger partial charge in [-0.1, -0.05) is 15.9 Å². The average Bonchev–Trinajstić information content (AvgIpc) is 2.69. The van der Waals surface area contributed by atoms with Gasteiger partial charge in [0.1, 0.15) is 5.82 Å². The fourth-order valence-corrected chi connectivity index (χ4v) is 3.74. The van der Waals surface area contributed by atoms with Crippen LogP contribution in [-0.2, 0) is 6.54 Å². The minimum absolute atomic E-state index is 0.158. The third-order valence-electron chi connectivity index (χ3n) is 4.00. The smallest absolute Gasteiger partial charge is 0.124 e. The molecule has 1 N–H and O–H groups in total. The number of nitrogens with zero attached hydrogens (tertiary/aromatic N) is 1. The molecule has 3 rings (SSSR count). The molecule has 4 heteroatoms. The lowest BCUT2D eigenvalue weighted by Crippen LogP contribution is -2.40. The van der Waals surface area contributed by atoms with Gasteiger partial charge in [0.2, 0.25) is 0 Å². The molecule has 0 radical (unpaired) electrons. The Hall–Kier alpha value is -0.450. The molecule has 0 aromatic heterocycles. The van der Waals surface area contributed by atoms with Crippen molar-refractivity contribution in [2.75, 3.05) is 19.6 Å². The molecular formula is C14H18BrFN2. The lowest BCUT2D eigenvalue weighted by molar-refractivity contribution is 0.312. The number of rotatable bonds is 2. The lowest BCUT2D eigenvalue weighted by atomic mass is 9.94.